The lowest BCUT2D eigenvalue weighted by atomic mass is 10.1. The maximum absolute atomic E-state index is 12.6. The average Bonchev–Trinajstić information content (AvgIpc) is 3.40. The van der Waals surface area contributed by atoms with Crippen LogP contribution in [0.1, 0.15) is 11.7 Å². The largest absolute Gasteiger partial charge is 0.353 e. The normalized spacial score (nSPS) is 11.2. The van der Waals surface area contributed by atoms with Crippen molar-refractivity contribution in [3.63, 3.8) is 0 Å². The van der Waals surface area contributed by atoms with Crippen LogP contribution in [0.4, 0.5) is 0 Å². The van der Waals surface area contributed by atoms with Crippen molar-refractivity contribution < 1.29 is 9.05 Å². The smallest absolute Gasteiger partial charge is 0.258 e. The molecule has 142 valence electrons. The Hall–Kier alpha value is -4.34. The van der Waals surface area contributed by atoms with Gasteiger partial charge in [-0.3, -0.25) is 9.59 Å². The summed E-state index contributed by atoms with van der Waals surface area (Å²) in [5.74, 6) is 1.33. The van der Waals surface area contributed by atoms with Crippen LogP contribution >= 0.6 is 0 Å². The lowest BCUT2D eigenvalue weighted by molar-refractivity contribution is 0.379. The van der Waals surface area contributed by atoms with Gasteiger partial charge in [-0.1, -0.05) is 16.4 Å². The third-order valence-corrected chi connectivity index (χ3v) is 4.32. The third kappa shape index (κ3) is 3.23. The number of hydrogen-bond donors (Lipinski definition) is 2. The second-order valence-electron chi connectivity index (χ2n) is 6.25. The lowest BCUT2D eigenvalue weighted by Crippen LogP contribution is -2.12. The van der Waals surface area contributed by atoms with Crippen molar-refractivity contribution in [2.75, 3.05) is 0 Å². The van der Waals surface area contributed by atoms with Crippen molar-refractivity contribution in [1.29, 1.82) is 0 Å². The number of H-pyrrole nitrogens is 2. The Morgan fingerprint density at radius 3 is 2.66 bits per heavy atom. The summed E-state index contributed by atoms with van der Waals surface area (Å²) in [6, 6.07) is 10.1. The molecule has 0 radical (unpaired) electrons. The molecule has 0 spiro atoms. The van der Waals surface area contributed by atoms with Gasteiger partial charge in [-0.25, -0.2) is 4.98 Å². The van der Waals surface area contributed by atoms with Crippen LogP contribution in [-0.2, 0) is 6.42 Å². The van der Waals surface area contributed by atoms with E-state index in [0.717, 1.165) is 11.1 Å². The number of benzene rings is 1. The second kappa shape index (κ2) is 6.68. The van der Waals surface area contributed by atoms with Crippen molar-refractivity contribution in [2.45, 2.75) is 6.42 Å². The molecule has 4 aromatic heterocycles. The number of pyridine rings is 1. The number of fused-ring (bicyclic) bond motifs is 1. The molecule has 0 unspecified atom stereocenters. The predicted octanol–water partition coefficient (Wildman–Crippen LogP) is 1.91. The summed E-state index contributed by atoms with van der Waals surface area (Å²) in [6.07, 6.45) is 3.24. The quantitative estimate of drug-likeness (QED) is 0.475. The van der Waals surface area contributed by atoms with E-state index in [2.05, 4.69) is 30.2 Å². The van der Waals surface area contributed by atoms with E-state index < -0.39 is 0 Å². The SMILES string of the molecule is O=c1ccc(-c2ccc3nc(Cc4nc(-c5ccno5)no4)[nH]c(=O)c3c2)c[nH]1. The van der Waals surface area contributed by atoms with Gasteiger partial charge in [0.15, 0.2) is 0 Å². The topological polar surface area (TPSA) is 144 Å². The highest BCUT2D eigenvalue weighted by molar-refractivity contribution is 5.83. The van der Waals surface area contributed by atoms with Gasteiger partial charge in [0.05, 0.1) is 23.5 Å². The molecule has 0 saturated heterocycles. The van der Waals surface area contributed by atoms with Crippen molar-refractivity contribution in [2.24, 2.45) is 0 Å². The molecule has 0 saturated carbocycles. The molecule has 4 heterocycles. The zero-order chi connectivity index (χ0) is 19.8. The van der Waals surface area contributed by atoms with Gasteiger partial charge in [0.25, 0.3) is 5.56 Å². The fourth-order valence-corrected chi connectivity index (χ4v) is 2.94. The summed E-state index contributed by atoms with van der Waals surface area (Å²) < 4.78 is 10.2. The van der Waals surface area contributed by atoms with Crippen molar-refractivity contribution in [1.82, 2.24) is 30.2 Å². The molecule has 10 nitrogen and oxygen atoms in total. The minimum Gasteiger partial charge on any atom is -0.353 e. The maximum atomic E-state index is 12.6. The van der Waals surface area contributed by atoms with E-state index in [1.807, 2.05) is 6.07 Å². The van der Waals surface area contributed by atoms with Gasteiger partial charge >= 0.3 is 0 Å². The molecule has 5 aromatic rings. The molecule has 10 heteroatoms. The number of aromatic nitrogens is 6. The van der Waals surface area contributed by atoms with E-state index in [1.54, 1.807) is 30.5 Å². The van der Waals surface area contributed by atoms with Crippen LogP contribution in [0.25, 0.3) is 33.6 Å². The van der Waals surface area contributed by atoms with Gasteiger partial charge in [-0.15, -0.1) is 0 Å². The fourth-order valence-electron chi connectivity index (χ4n) is 2.94. The minimum atomic E-state index is -0.286. The third-order valence-electron chi connectivity index (χ3n) is 4.32. The Morgan fingerprint density at radius 2 is 1.86 bits per heavy atom. The molecule has 29 heavy (non-hydrogen) atoms. The summed E-state index contributed by atoms with van der Waals surface area (Å²) in [5.41, 5.74) is 1.65. The average molecular weight is 388 g/mol. The molecular weight excluding hydrogens is 376 g/mol. The van der Waals surface area contributed by atoms with Crippen molar-refractivity contribution in [3.8, 4) is 22.7 Å². The zero-order valence-electron chi connectivity index (χ0n) is 14.7. The van der Waals surface area contributed by atoms with E-state index in [9.17, 15) is 9.59 Å². The highest BCUT2D eigenvalue weighted by Gasteiger charge is 2.14. The van der Waals surface area contributed by atoms with Gasteiger partial charge < -0.3 is 19.0 Å². The molecule has 1 aromatic carbocycles. The molecule has 0 aliphatic rings. The van der Waals surface area contributed by atoms with Crippen LogP contribution < -0.4 is 11.1 Å². The van der Waals surface area contributed by atoms with Crippen LogP contribution in [0, 0.1) is 0 Å². The summed E-state index contributed by atoms with van der Waals surface area (Å²) in [6.45, 7) is 0. The standard InChI is InChI=1S/C19H12N6O4/c26-16-4-2-11(9-20-16)10-1-3-13-12(7-10)19(27)23-15(22-13)8-17-24-18(25-29-17)14-5-6-21-28-14/h1-7,9H,8H2,(H,20,26)(H,22,23,27). The van der Waals surface area contributed by atoms with Gasteiger partial charge in [0.1, 0.15) is 5.82 Å². The number of rotatable bonds is 4. The summed E-state index contributed by atoms with van der Waals surface area (Å²) in [5, 5.41) is 7.86. The van der Waals surface area contributed by atoms with Crippen LogP contribution in [0.5, 0.6) is 0 Å². The van der Waals surface area contributed by atoms with Gasteiger partial charge in [0, 0.05) is 18.3 Å². The Balaban J connectivity index is 1.47. The molecular formula is C19H12N6O4. The Labute approximate surface area is 161 Å². The van der Waals surface area contributed by atoms with Crippen LogP contribution in [0.3, 0.4) is 0 Å². The van der Waals surface area contributed by atoms with Crippen molar-refractivity contribution >= 4 is 10.9 Å². The van der Waals surface area contributed by atoms with Crippen molar-refractivity contribution in [3.05, 3.63) is 81.2 Å². The molecule has 0 atom stereocenters. The van der Waals surface area contributed by atoms with Crippen LogP contribution in [0.2, 0.25) is 0 Å². The fraction of sp³-hybridized carbons (Fsp3) is 0.0526. The molecule has 5 rings (SSSR count). The monoisotopic (exact) mass is 388 g/mol. The Kier molecular flexibility index (Phi) is 3.87. The first kappa shape index (κ1) is 16.8. The molecule has 0 aliphatic carbocycles. The van der Waals surface area contributed by atoms with E-state index >= 15 is 0 Å². The summed E-state index contributed by atoms with van der Waals surface area (Å²) in [4.78, 5) is 37.9. The van der Waals surface area contributed by atoms with Crippen LogP contribution in [0.15, 0.2) is 67.4 Å². The molecule has 0 fully saturated rings. The second-order valence-corrected chi connectivity index (χ2v) is 6.25. The number of nitrogens with zero attached hydrogens (tertiary/aromatic N) is 4. The lowest BCUT2D eigenvalue weighted by Gasteiger charge is -2.04. The predicted molar refractivity (Wildman–Crippen MR) is 101 cm³/mol. The number of nitrogens with one attached hydrogen (secondary N) is 2. The number of aromatic amines is 2. The first-order chi connectivity index (χ1) is 14.2. The zero-order valence-corrected chi connectivity index (χ0v) is 14.7. The van der Waals surface area contributed by atoms with Gasteiger partial charge in [0.2, 0.25) is 23.0 Å². The first-order valence-corrected chi connectivity index (χ1v) is 8.61. The highest BCUT2D eigenvalue weighted by atomic mass is 16.5. The van der Waals surface area contributed by atoms with E-state index in [4.69, 9.17) is 9.05 Å². The summed E-state index contributed by atoms with van der Waals surface area (Å²) >= 11 is 0. The van der Waals surface area contributed by atoms with E-state index in [0.29, 0.717) is 22.5 Å². The van der Waals surface area contributed by atoms with Crippen LogP contribution in [-0.4, -0.2) is 30.2 Å². The summed E-state index contributed by atoms with van der Waals surface area (Å²) in [7, 11) is 0. The molecule has 0 aliphatic heterocycles. The maximum Gasteiger partial charge on any atom is 0.258 e. The van der Waals surface area contributed by atoms with E-state index in [-0.39, 0.29) is 29.3 Å². The Morgan fingerprint density at radius 1 is 0.966 bits per heavy atom. The minimum absolute atomic E-state index is 0.161. The molecule has 0 bridgehead atoms. The van der Waals surface area contributed by atoms with Gasteiger partial charge in [-0.05, 0) is 29.3 Å². The molecule has 0 amide bonds. The molecule has 2 N–H and O–H groups in total. The van der Waals surface area contributed by atoms with Gasteiger partial charge in [-0.2, -0.15) is 4.98 Å². The Bertz CT molecular complexity index is 1410. The van der Waals surface area contributed by atoms with E-state index in [1.165, 1.54) is 12.3 Å². The highest BCUT2D eigenvalue weighted by Crippen LogP contribution is 2.21. The first-order valence-electron chi connectivity index (χ1n) is 8.61. The number of hydrogen-bond acceptors (Lipinski definition) is 8.